The Kier molecular flexibility index (Phi) is 6.83. The first-order valence-corrected chi connectivity index (χ1v) is 11.5. The van der Waals surface area contributed by atoms with Crippen LogP contribution in [0.25, 0.3) is 0 Å². The number of hydrogen-bond acceptors (Lipinski definition) is 2. The summed E-state index contributed by atoms with van der Waals surface area (Å²) in [7, 11) is 0. The third-order valence-electron chi connectivity index (χ3n) is 6.54. The molecule has 1 aliphatic carbocycles. The third-order valence-corrected chi connectivity index (χ3v) is 6.54. The fourth-order valence-electron chi connectivity index (χ4n) is 4.82. The largest absolute Gasteiger partial charge is 0.349 e. The summed E-state index contributed by atoms with van der Waals surface area (Å²) in [5, 5.41) is 3.25. The topological polar surface area (TPSA) is 49.4 Å². The lowest BCUT2D eigenvalue weighted by atomic mass is 9.89. The van der Waals surface area contributed by atoms with Crippen LogP contribution in [0, 0.1) is 0 Å². The van der Waals surface area contributed by atoms with E-state index in [2.05, 4.69) is 11.4 Å². The number of carbonyl (C=O) groups excluding carboxylic acids is 2. The molecule has 4 rings (SSSR count). The van der Waals surface area contributed by atoms with Gasteiger partial charge in [-0.2, -0.15) is 0 Å². The first-order chi connectivity index (χ1) is 14.7. The molecule has 2 aliphatic rings. The van der Waals surface area contributed by atoms with E-state index in [1.807, 2.05) is 53.4 Å². The molecular formula is C26H32N2O2. The standard InChI is InChI=1S/C26H32N2O2/c29-25(27-24-15-6-1-2-7-16-24)22-13-8-12-21(18-22)23-14-9-17-28(19-23)26(30)20-10-4-3-5-11-20/h3-5,8,10-13,18,23-24H,1-2,6-7,9,14-17,19H2,(H,27,29). The lowest BCUT2D eigenvalue weighted by Crippen LogP contribution is -2.39. The molecule has 1 saturated carbocycles. The molecule has 30 heavy (non-hydrogen) atoms. The van der Waals surface area contributed by atoms with Gasteiger partial charge in [0.05, 0.1) is 0 Å². The molecule has 158 valence electrons. The van der Waals surface area contributed by atoms with Crippen LogP contribution in [0.5, 0.6) is 0 Å². The van der Waals surface area contributed by atoms with Crippen molar-refractivity contribution in [3.63, 3.8) is 0 Å². The highest BCUT2D eigenvalue weighted by Gasteiger charge is 2.26. The Bertz CT molecular complexity index is 856. The minimum atomic E-state index is 0.0387. The van der Waals surface area contributed by atoms with Crippen LogP contribution in [-0.4, -0.2) is 35.8 Å². The summed E-state index contributed by atoms with van der Waals surface area (Å²) in [6.45, 7) is 1.51. The van der Waals surface area contributed by atoms with E-state index in [1.54, 1.807) is 0 Å². The molecular weight excluding hydrogens is 372 g/mol. The Hall–Kier alpha value is -2.62. The Morgan fingerprint density at radius 3 is 2.30 bits per heavy atom. The van der Waals surface area contributed by atoms with Crippen molar-refractivity contribution in [2.45, 2.75) is 63.3 Å². The number of likely N-dealkylation sites (tertiary alicyclic amines) is 1. The first kappa shape index (κ1) is 20.6. The van der Waals surface area contributed by atoms with Gasteiger partial charge in [0.1, 0.15) is 0 Å². The minimum absolute atomic E-state index is 0.0387. The third kappa shape index (κ3) is 5.10. The van der Waals surface area contributed by atoms with E-state index in [9.17, 15) is 9.59 Å². The van der Waals surface area contributed by atoms with Crippen molar-refractivity contribution in [1.82, 2.24) is 10.2 Å². The van der Waals surface area contributed by atoms with Gasteiger partial charge >= 0.3 is 0 Å². The first-order valence-electron chi connectivity index (χ1n) is 11.5. The second-order valence-corrected chi connectivity index (χ2v) is 8.74. The van der Waals surface area contributed by atoms with Crippen molar-refractivity contribution in [3.05, 3.63) is 71.3 Å². The van der Waals surface area contributed by atoms with E-state index >= 15 is 0 Å². The number of hydrogen-bond donors (Lipinski definition) is 1. The van der Waals surface area contributed by atoms with Crippen LogP contribution in [-0.2, 0) is 0 Å². The molecule has 2 aromatic carbocycles. The molecule has 1 atom stereocenters. The van der Waals surface area contributed by atoms with Gasteiger partial charge in [0.15, 0.2) is 0 Å². The maximum absolute atomic E-state index is 12.9. The van der Waals surface area contributed by atoms with Gasteiger partial charge in [-0.1, -0.05) is 56.0 Å². The van der Waals surface area contributed by atoms with Crippen LogP contribution in [0.4, 0.5) is 0 Å². The smallest absolute Gasteiger partial charge is 0.253 e. The summed E-state index contributed by atoms with van der Waals surface area (Å²) < 4.78 is 0. The zero-order valence-electron chi connectivity index (χ0n) is 17.7. The average molecular weight is 405 g/mol. The van der Waals surface area contributed by atoms with Crippen LogP contribution in [0.1, 0.15) is 83.6 Å². The lowest BCUT2D eigenvalue weighted by molar-refractivity contribution is 0.0706. The van der Waals surface area contributed by atoms with E-state index in [0.29, 0.717) is 12.6 Å². The molecule has 4 heteroatoms. The Balaban J connectivity index is 1.42. The van der Waals surface area contributed by atoms with Gasteiger partial charge in [-0.05, 0) is 55.5 Å². The second-order valence-electron chi connectivity index (χ2n) is 8.74. The van der Waals surface area contributed by atoms with E-state index in [4.69, 9.17) is 0 Å². The van der Waals surface area contributed by atoms with Gasteiger partial charge in [0.25, 0.3) is 11.8 Å². The van der Waals surface area contributed by atoms with Gasteiger partial charge in [0, 0.05) is 36.2 Å². The quantitative estimate of drug-likeness (QED) is 0.716. The van der Waals surface area contributed by atoms with Crippen molar-refractivity contribution >= 4 is 11.8 Å². The van der Waals surface area contributed by atoms with Gasteiger partial charge in [-0.15, -0.1) is 0 Å². The molecule has 2 amide bonds. The fraction of sp³-hybridized carbons (Fsp3) is 0.462. The van der Waals surface area contributed by atoms with Crippen LogP contribution >= 0.6 is 0 Å². The molecule has 1 aliphatic heterocycles. The molecule has 1 unspecified atom stereocenters. The number of carbonyl (C=O) groups is 2. The fourth-order valence-corrected chi connectivity index (χ4v) is 4.82. The Morgan fingerprint density at radius 1 is 0.800 bits per heavy atom. The lowest BCUT2D eigenvalue weighted by Gasteiger charge is -2.33. The van der Waals surface area contributed by atoms with Crippen LogP contribution in [0.3, 0.4) is 0 Å². The summed E-state index contributed by atoms with van der Waals surface area (Å²) in [5.74, 6) is 0.413. The predicted octanol–water partition coefficient (Wildman–Crippen LogP) is 5.16. The second kappa shape index (κ2) is 9.92. The Labute approximate surface area is 179 Å². The number of piperidine rings is 1. The van der Waals surface area contributed by atoms with Gasteiger partial charge in [-0.25, -0.2) is 0 Å². The summed E-state index contributed by atoms with van der Waals surface area (Å²) >= 11 is 0. The zero-order valence-corrected chi connectivity index (χ0v) is 17.7. The molecule has 1 saturated heterocycles. The number of rotatable bonds is 4. The molecule has 1 N–H and O–H groups in total. The molecule has 2 fully saturated rings. The molecule has 2 aromatic rings. The van der Waals surface area contributed by atoms with Crippen LogP contribution < -0.4 is 5.32 Å². The number of nitrogens with zero attached hydrogens (tertiary/aromatic N) is 1. The molecule has 0 radical (unpaired) electrons. The number of nitrogens with one attached hydrogen (secondary N) is 1. The average Bonchev–Trinajstić information content (AvgIpc) is 3.08. The maximum atomic E-state index is 12.9. The number of benzene rings is 2. The molecule has 0 aromatic heterocycles. The van der Waals surface area contributed by atoms with Crippen LogP contribution in [0.15, 0.2) is 54.6 Å². The van der Waals surface area contributed by atoms with Gasteiger partial charge in [0.2, 0.25) is 0 Å². The SMILES string of the molecule is O=C(NC1CCCCCC1)c1cccc(C2CCCN(C(=O)c3ccccc3)C2)c1. The summed E-state index contributed by atoms with van der Waals surface area (Å²) in [6.07, 6.45) is 9.18. The maximum Gasteiger partial charge on any atom is 0.253 e. The number of amides is 2. The molecule has 1 heterocycles. The minimum Gasteiger partial charge on any atom is -0.349 e. The van der Waals surface area contributed by atoms with Gasteiger partial charge < -0.3 is 10.2 Å². The highest BCUT2D eigenvalue weighted by atomic mass is 16.2. The summed E-state index contributed by atoms with van der Waals surface area (Å²) in [4.78, 5) is 27.7. The van der Waals surface area contributed by atoms with E-state index in [1.165, 1.54) is 25.7 Å². The molecule has 4 nitrogen and oxygen atoms in total. The van der Waals surface area contributed by atoms with Crippen LogP contribution in [0.2, 0.25) is 0 Å². The normalized spacial score (nSPS) is 20.4. The summed E-state index contributed by atoms with van der Waals surface area (Å²) in [6, 6.07) is 17.8. The van der Waals surface area contributed by atoms with E-state index in [-0.39, 0.29) is 17.7 Å². The van der Waals surface area contributed by atoms with Crippen molar-refractivity contribution in [2.75, 3.05) is 13.1 Å². The van der Waals surface area contributed by atoms with Crippen molar-refractivity contribution in [3.8, 4) is 0 Å². The Morgan fingerprint density at radius 2 is 1.53 bits per heavy atom. The molecule has 0 spiro atoms. The monoisotopic (exact) mass is 404 g/mol. The van der Waals surface area contributed by atoms with Crippen molar-refractivity contribution in [1.29, 1.82) is 0 Å². The molecule has 0 bridgehead atoms. The zero-order chi connectivity index (χ0) is 20.8. The summed E-state index contributed by atoms with van der Waals surface area (Å²) in [5.41, 5.74) is 2.65. The van der Waals surface area contributed by atoms with E-state index in [0.717, 1.165) is 48.9 Å². The van der Waals surface area contributed by atoms with Crippen molar-refractivity contribution in [2.24, 2.45) is 0 Å². The predicted molar refractivity (Wildman–Crippen MR) is 120 cm³/mol. The van der Waals surface area contributed by atoms with Crippen molar-refractivity contribution < 1.29 is 9.59 Å². The van der Waals surface area contributed by atoms with Gasteiger partial charge in [-0.3, -0.25) is 9.59 Å². The van der Waals surface area contributed by atoms with E-state index < -0.39 is 0 Å². The highest BCUT2D eigenvalue weighted by Crippen LogP contribution is 2.28. The highest BCUT2D eigenvalue weighted by molar-refractivity contribution is 5.95.